The molecular weight excluding hydrogens is 457 g/mol. The van der Waals surface area contributed by atoms with E-state index in [1.165, 1.54) is 17.8 Å². The highest BCUT2D eigenvalue weighted by Crippen LogP contribution is 2.31. The largest absolute Gasteiger partial charge is 0.378 e. The van der Waals surface area contributed by atoms with E-state index < -0.39 is 0 Å². The monoisotopic (exact) mass is 491 g/mol. The van der Waals surface area contributed by atoms with Crippen LogP contribution < -0.4 is 4.90 Å². The van der Waals surface area contributed by atoms with Gasteiger partial charge in [0, 0.05) is 49.4 Å². The Labute approximate surface area is 211 Å². The number of ether oxygens (including phenoxy) is 1. The fourth-order valence-electron chi connectivity index (χ4n) is 5.99. The number of rotatable bonds is 4. The Bertz CT molecular complexity index is 1190. The Balaban J connectivity index is 0.998. The number of nitrogens with one attached hydrogen (secondary N) is 1. The number of aromatic nitrogens is 2. The molecule has 0 atom stereocenters. The van der Waals surface area contributed by atoms with Crippen LogP contribution in [0, 0.1) is 5.82 Å². The average molecular weight is 492 g/mol. The van der Waals surface area contributed by atoms with Crippen LogP contribution in [0.15, 0.2) is 42.5 Å². The standard InChI is InChI=1S/C28H34FN5O2/c29-22-3-6-25-26(19-22)31-27(30-25)20-7-11-32(12-8-20)24-9-13-33(14-10-24)23-4-1-21(2-5-23)28(35)34-15-17-36-18-16-34/h1-6,19-20,24H,7-18H2,(H,30,31). The van der Waals surface area contributed by atoms with E-state index in [4.69, 9.17) is 9.72 Å². The lowest BCUT2D eigenvalue weighted by molar-refractivity contribution is 0.0303. The molecule has 3 aliphatic heterocycles. The molecule has 3 saturated heterocycles. The molecule has 2 aromatic carbocycles. The summed E-state index contributed by atoms with van der Waals surface area (Å²) in [4.78, 5) is 27.8. The second-order valence-corrected chi connectivity index (χ2v) is 10.3. The number of carbonyl (C=O) groups is 1. The summed E-state index contributed by atoms with van der Waals surface area (Å²) in [5.41, 5.74) is 3.60. The number of nitrogens with zero attached hydrogens (tertiary/aromatic N) is 4. The van der Waals surface area contributed by atoms with E-state index >= 15 is 0 Å². The zero-order valence-corrected chi connectivity index (χ0v) is 20.7. The predicted molar refractivity (Wildman–Crippen MR) is 138 cm³/mol. The van der Waals surface area contributed by atoms with E-state index in [1.54, 1.807) is 6.07 Å². The van der Waals surface area contributed by atoms with Crippen molar-refractivity contribution in [2.75, 3.05) is 57.4 Å². The topological polar surface area (TPSA) is 64.7 Å². The molecule has 1 N–H and O–H groups in total. The van der Waals surface area contributed by atoms with Gasteiger partial charge < -0.3 is 24.4 Å². The molecule has 3 fully saturated rings. The van der Waals surface area contributed by atoms with Crippen molar-refractivity contribution in [3.05, 3.63) is 59.7 Å². The average Bonchev–Trinajstić information content (AvgIpc) is 3.37. The molecule has 1 aromatic heterocycles. The van der Waals surface area contributed by atoms with Crippen molar-refractivity contribution in [3.63, 3.8) is 0 Å². The van der Waals surface area contributed by atoms with Crippen molar-refractivity contribution in [1.82, 2.24) is 19.8 Å². The molecule has 4 heterocycles. The van der Waals surface area contributed by atoms with Crippen LogP contribution in [0.4, 0.5) is 10.1 Å². The second kappa shape index (κ2) is 10.2. The Kier molecular flexibility index (Phi) is 6.63. The first-order chi connectivity index (χ1) is 17.6. The number of morpholine rings is 1. The van der Waals surface area contributed by atoms with Crippen LogP contribution in [-0.4, -0.2) is 84.2 Å². The third-order valence-electron chi connectivity index (χ3n) is 8.14. The van der Waals surface area contributed by atoms with Gasteiger partial charge >= 0.3 is 0 Å². The minimum Gasteiger partial charge on any atom is -0.378 e. The van der Waals surface area contributed by atoms with Gasteiger partial charge in [0.2, 0.25) is 0 Å². The van der Waals surface area contributed by atoms with Gasteiger partial charge in [0.25, 0.3) is 5.91 Å². The number of likely N-dealkylation sites (tertiary alicyclic amines) is 1. The van der Waals surface area contributed by atoms with Gasteiger partial charge in [-0.15, -0.1) is 0 Å². The number of piperidine rings is 2. The van der Waals surface area contributed by atoms with Crippen LogP contribution in [-0.2, 0) is 4.74 Å². The molecule has 1 amide bonds. The first-order valence-electron chi connectivity index (χ1n) is 13.3. The summed E-state index contributed by atoms with van der Waals surface area (Å²) in [5.74, 6) is 1.29. The molecule has 0 saturated carbocycles. The first-order valence-corrected chi connectivity index (χ1v) is 13.3. The summed E-state index contributed by atoms with van der Waals surface area (Å²) in [6.07, 6.45) is 4.48. The van der Waals surface area contributed by atoms with Gasteiger partial charge in [0.1, 0.15) is 11.6 Å². The number of anilines is 1. The lowest BCUT2D eigenvalue weighted by Gasteiger charge is -2.42. The Morgan fingerprint density at radius 1 is 0.917 bits per heavy atom. The van der Waals surface area contributed by atoms with E-state index in [0.717, 1.165) is 74.3 Å². The normalized spacial score (nSPS) is 20.8. The predicted octanol–water partition coefficient (Wildman–Crippen LogP) is 4.02. The van der Waals surface area contributed by atoms with Gasteiger partial charge in [-0.05, 0) is 81.2 Å². The summed E-state index contributed by atoms with van der Waals surface area (Å²) in [7, 11) is 0. The van der Waals surface area contributed by atoms with Gasteiger partial charge in [-0.1, -0.05) is 0 Å². The molecule has 6 rings (SSSR count). The maximum Gasteiger partial charge on any atom is 0.254 e. The van der Waals surface area contributed by atoms with Crippen molar-refractivity contribution >= 4 is 22.6 Å². The Morgan fingerprint density at radius 3 is 2.36 bits per heavy atom. The van der Waals surface area contributed by atoms with Crippen LogP contribution in [0.25, 0.3) is 11.0 Å². The minimum absolute atomic E-state index is 0.0989. The first kappa shape index (κ1) is 23.4. The molecule has 8 heteroatoms. The molecule has 0 bridgehead atoms. The zero-order valence-electron chi connectivity index (χ0n) is 20.7. The van der Waals surface area contributed by atoms with Crippen molar-refractivity contribution < 1.29 is 13.9 Å². The smallest absolute Gasteiger partial charge is 0.254 e. The van der Waals surface area contributed by atoms with Gasteiger partial charge in [-0.2, -0.15) is 0 Å². The van der Waals surface area contributed by atoms with Gasteiger partial charge in [-0.3, -0.25) is 4.79 Å². The Morgan fingerprint density at radius 2 is 1.64 bits per heavy atom. The number of halogens is 1. The number of hydrogen-bond donors (Lipinski definition) is 1. The molecule has 190 valence electrons. The third-order valence-corrected chi connectivity index (χ3v) is 8.14. The van der Waals surface area contributed by atoms with Gasteiger partial charge in [0.05, 0.1) is 24.2 Å². The van der Waals surface area contributed by atoms with Crippen LogP contribution in [0.3, 0.4) is 0 Å². The zero-order chi connectivity index (χ0) is 24.5. The quantitative estimate of drug-likeness (QED) is 0.597. The molecule has 0 unspecified atom stereocenters. The summed E-state index contributed by atoms with van der Waals surface area (Å²) in [6.45, 7) is 6.83. The summed E-state index contributed by atoms with van der Waals surface area (Å²) >= 11 is 0. The minimum atomic E-state index is -0.226. The van der Waals surface area contributed by atoms with Gasteiger partial charge in [0.15, 0.2) is 0 Å². The number of hydrogen-bond acceptors (Lipinski definition) is 5. The van der Waals surface area contributed by atoms with E-state index in [9.17, 15) is 9.18 Å². The van der Waals surface area contributed by atoms with E-state index in [-0.39, 0.29) is 11.7 Å². The molecule has 0 aliphatic carbocycles. The van der Waals surface area contributed by atoms with E-state index in [1.807, 2.05) is 17.0 Å². The van der Waals surface area contributed by atoms with E-state index in [2.05, 4.69) is 26.9 Å². The number of fused-ring (bicyclic) bond motifs is 1. The molecule has 0 spiro atoms. The fraction of sp³-hybridized carbons (Fsp3) is 0.500. The van der Waals surface area contributed by atoms with Crippen molar-refractivity contribution in [1.29, 1.82) is 0 Å². The summed E-state index contributed by atoms with van der Waals surface area (Å²) < 4.78 is 18.9. The molecular formula is C28H34FN5O2. The lowest BCUT2D eigenvalue weighted by Crippen LogP contribution is -2.47. The number of carbonyl (C=O) groups excluding carboxylic acids is 1. The second-order valence-electron chi connectivity index (χ2n) is 10.3. The number of benzene rings is 2. The molecule has 7 nitrogen and oxygen atoms in total. The maximum absolute atomic E-state index is 13.5. The maximum atomic E-state index is 13.5. The fourth-order valence-corrected chi connectivity index (χ4v) is 5.99. The van der Waals surface area contributed by atoms with Crippen molar-refractivity contribution in [2.24, 2.45) is 0 Å². The highest BCUT2D eigenvalue weighted by molar-refractivity contribution is 5.94. The number of H-pyrrole nitrogens is 1. The number of imidazole rings is 1. The SMILES string of the molecule is O=C(c1ccc(N2CCC(N3CCC(c4nc5ccc(F)cc5[nH]4)CC3)CC2)cc1)N1CCOCC1. The lowest BCUT2D eigenvalue weighted by atomic mass is 9.93. The Hall–Kier alpha value is -2.97. The summed E-state index contributed by atoms with van der Waals surface area (Å²) in [5, 5.41) is 0. The van der Waals surface area contributed by atoms with Crippen LogP contribution in [0.5, 0.6) is 0 Å². The van der Waals surface area contributed by atoms with E-state index in [0.29, 0.717) is 38.3 Å². The van der Waals surface area contributed by atoms with Crippen LogP contribution in [0.2, 0.25) is 0 Å². The highest BCUT2D eigenvalue weighted by atomic mass is 19.1. The number of aromatic amines is 1. The van der Waals surface area contributed by atoms with Crippen molar-refractivity contribution in [2.45, 2.75) is 37.6 Å². The van der Waals surface area contributed by atoms with Crippen LogP contribution in [0.1, 0.15) is 47.8 Å². The van der Waals surface area contributed by atoms with Crippen LogP contribution >= 0.6 is 0 Å². The molecule has 3 aromatic rings. The molecule has 0 radical (unpaired) electrons. The molecule has 3 aliphatic rings. The summed E-state index contributed by atoms with van der Waals surface area (Å²) in [6, 6.07) is 13.5. The molecule has 36 heavy (non-hydrogen) atoms. The number of amides is 1. The van der Waals surface area contributed by atoms with Gasteiger partial charge in [-0.25, -0.2) is 9.37 Å². The van der Waals surface area contributed by atoms with Crippen molar-refractivity contribution in [3.8, 4) is 0 Å². The third kappa shape index (κ3) is 4.84. The highest BCUT2D eigenvalue weighted by Gasteiger charge is 2.30.